The minimum atomic E-state index is 0.469. The number of thioether (sulfide) groups is 1. The second-order valence-electron chi connectivity index (χ2n) is 4.77. The molecule has 1 aromatic carbocycles. The lowest BCUT2D eigenvalue weighted by atomic mass is 10.2. The van der Waals surface area contributed by atoms with E-state index in [1.54, 1.807) is 0 Å². The van der Waals surface area contributed by atoms with Crippen molar-refractivity contribution in [2.75, 3.05) is 18.9 Å². The monoisotopic (exact) mass is 265 g/mol. The van der Waals surface area contributed by atoms with E-state index in [1.165, 1.54) is 29.7 Å². The smallest absolute Gasteiger partial charge is 0.0669 e. The van der Waals surface area contributed by atoms with Crippen LogP contribution in [0.5, 0.6) is 0 Å². The number of ether oxygens (including phenoxy) is 1. The lowest BCUT2D eigenvalue weighted by Gasteiger charge is -2.10. The zero-order chi connectivity index (χ0) is 12.6. The molecule has 0 amide bonds. The molecule has 2 rings (SSSR count). The van der Waals surface area contributed by atoms with Crippen LogP contribution in [0.3, 0.4) is 0 Å². The van der Waals surface area contributed by atoms with Crippen LogP contribution in [0.1, 0.15) is 31.7 Å². The Morgan fingerprint density at radius 2 is 2.39 bits per heavy atom. The number of hydrogen-bond acceptors (Lipinski definition) is 3. The van der Waals surface area contributed by atoms with E-state index in [0.717, 1.165) is 25.4 Å². The van der Waals surface area contributed by atoms with Crippen LogP contribution in [0, 0.1) is 0 Å². The fraction of sp³-hybridized carbons (Fsp3) is 0.600. The Morgan fingerprint density at radius 3 is 3.17 bits per heavy atom. The largest absolute Gasteiger partial charge is 0.377 e. The van der Waals surface area contributed by atoms with Crippen LogP contribution in [-0.4, -0.2) is 25.0 Å². The molecule has 1 fully saturated rings. The third-order valence-electron chi connectivity index (χ3n) is 3.11. The van der Waals surface area contributed by atoms with Crippen LogP contribution >= 0.6 is 11.8 Å². The Morgan fingerprint density at radius 1 is 1.44 bits per heavy atom. The summed E-state index contributed by atoms with van der Waals surface area (Å²) in [4.78, 5) is 1.36. The molecule has 18 heavy (non-hydrogen) atoms. The predicted octanol–water partition coefficient (Wildman–Crippen LogP) is 3.46. The van der Waals surface area contributed by atoms with Crippen LogP contribution in [0.4, 0.5) is 0 Å². The van der Waals surface area contributed by atoms with Crippen molar-refractivity contribution in [2.24, 2.45) is 0 Å². The highest BCUT2D eigenvalue weighted by molar-refractivity contribution is 7.99. The second kappa shape index (κ2) is 7.82. The quantitative estimate of drug-likeness (QED) is 0.602. The van der Waals surface area contributed by atoms with Crippen molar-refractivity contribution in [2.45, 2.75) is 43.7 Å². The van der Waals surface area contributed by atoms with Gasteiger partial charge in [0.2, 0.25) is 0 Å². The summed E-state index contributed by atoms with van der Waals surface area (Å²) in [6.45, 7) is 5.21. The Bertz CT molecular complexity index is 350. The third-order valence-corrected chi connectivity index (χ3v) is 4.24. The minimum Gasteiger partial charge on any atom is -0.377 e. The van der Waals surface area contributed by atoms with Crippen molar-refractivity contribution in [3.05, 3.63) is 29.8 Å². The standard InChI is InChI=1S/C15H23NOS/c1-2-8-16-11-13-5-3-7-15(10-13)18-12-14-6-4-9-17-14/h3,5,7,10,14,16H,2,4,6,8-9,11-12H2,1H3. The Balaban J connectivity index is 1.78. The second-order valence-corrected chi connectivity index (χ2v) is 5.86. The van der Waals surface area contributed by atoms with Crippen LogP contribution in [0.25, 0.3) is 0 Å². The van der Waals surface area contributed by atoms with Gasteiger partial charge < -0.3 is 10.1 Å². The maximum atomic E-state index is 5.65. The zero-order valence-electron chi connectivity index (χ0n) is 11.2. The van der Waals surface area contributed by atoms with Gasteiger partial charge in [-0.25, -0.2) is 0 Å². The van der Waals surface area contributed by atoms with Crippen LogP contribution in [-0.2, 0) is 11.3 Å². The third kappa shape index (κ3) is 4.63. The Labute approximate surface area is 114 Å². The summed E-state index contributed by atoms with van der Waals surface area (Å²) >= 11 is 1.92. The molecule has 0 aliphatic carbocycles. The van der Waals surface area contributed by atoms with Crippen molar-refractivity contribution in [3.8, 4) is 0 Å². The molecule has 2 nitrogen and oxygen atoms in total. The van der Waals surface area contributed by atoms with E-state index in [4.69, 9.17) is 4.74 Å². The van der Waals surface area contributed by atoms with E-state index in [2.05, 4.69) is 36.5 Å². The highest BCUT2D eigenvalue weighted by Gasteiger charge is 2.15. The first-order valence-corrected chi connectivity index (χ1v) is 7.91. The van der Waals surface area contributed by atoms with Crippen LogP contribution < -0.4 is 5.32 Å². The van der Waals surface area contributed by atoms with Gasteiger partial charge in [0.25, 0.3) is 0 Å². The Hall–Kier alpha value is -0.510. The van der Waals surface area contributed by atoms with Crippen molar-refractivity contribution < 1.29 is 4.74 Å². The average molecular weight is 265 g/mol. The molecule has 1 atom stereocenters. The molecule has 1 aromatic rings. The molecule has 3 heteroatoms. The number of nitrogens with one attached hydrogen (secondary N) is 1. The summed E-state index contributed by atoms with van der Waals surface area (Å²) in [5.41, 5.74) is 1.38. The SMILES string of the molecule is CCCNCc1cccc(SCC2CCCO2)c1. The normalized spacial score (nSPS) is 19.3. The summed E-state index contributed by atoms with van der Waals surface area (Å²) in [5, 5.41) is 3.44. The van der Waals surface area contributed by atoms with E-state index in [1.807, 2.05) is 11.8 Å². The molecule has 0 aromatic heterocycles. The van der Waals surface area contributed by atoms with E-state index in [9.17, 15) is 0 Å². The molecule has 0 radical (unpaired) electrons. The number of benzene rings is 1. The first-order valence-electron chi connectivity index (χ1n) is 6.92. The van der Waals surface area contributed by atoms with Gasteiger partial charge in [0.1, 0.15) is 0 Å². The summed E-state index contributed by atoms with van der Waals surface area (Å²) in [7, 11) is 0. The van der Waals surface area contributed by atoms with Gasteiger partial charge in [0.15, 0.2) is 0 Å². The topological polar surface area (TPSA) is 21.3 Å². The number of rotatable bonds is 7. The molecule has 1 unspecified atom stereocenters. The Kier molecular flexibility index (Phi) is 6.05. The van der Waals surface area contributed by atoms with Gasteiger partial charge in [0.05, 0.1) is 6.10 Å². The van der Waals surface area contributed by atoms with Crippen molar-refractivity contribution in [1.82, 2.24) is 5.32 Å². The van der Waals surface area contributed by atoms with E-state index in [-0.39, 0.29) is 0 Å². The van der Waals surface area contributed by atoms with Crippen molar-refractivity contribution in [3.63, 3.8) is 0 Å². The lowest BCUT2D eigenvalue weighted by Crippen LogP contribution is -2.13. The van der Waals surface area contributed by atoms with Gasteiger partial charge in [-0.15, -0.1) is 11.8 Å². The van der Waals surface area contributed by atoms with Gasteiger partial charge >= 0.3 is 0 Å². The molecule has 1 saturated heterocycles. The van der Waals surface area contributed by atoms with Gasteiger partial charge in [0, 0.05) is 23.8 Å². The summed E-state index contributed by atoms with van der Waals surface area (Å²) in [6.07, 6.45) is 4.11. The molecular formula is C15H23NOS. The van der Waals surface area contributed by atoms with Crippen LogP contribution in [0.2, 0.25) is 0 Å². The molecule has 0 spiro atoms. The summed E-state index contributed by atoms with van der Waals surface area (Å²) < 4.78 is 5.65. The van der Waals surface area contributed by atoms with Gasteiger partial charge in [-0.3, -0.25) is 0 Å². The van der Waals surface area contributed by atoms with E-state index in [0.29, 0.717) is 6.10 Å². The van der Waals surface area contributed by atoms with Gasteiger partial charge in [-0.2, -0.15) is 0 Å². The summed E-state index contributed by atoms with van der Waals surface area (Å²) in [6, 6.07) is 8.84. The molecule has 1 aliphatic heterocycles. The molecule has 100 valence electrons. The summed E-state index contributed by atoms with van der Waals surface area (Å²) in [5.74, 6) is 1.09. The minimum absolute atomic E-state index is 0.469. The lowest BCUT2D eigenvalue weighted by molar-refractivity contribution is 0.129. The van der Waals surface area contributed by atoms with Crippen molar-refractivity contribution >= 4 is 11.8 Å². The highest BCUT2D eigenvalue weighted by Crippen LogP contribution is 2.24. The van der Waals surface area contributed by atoms with Crippen LogP contribution in [0.15, 0.2) is 29.2 Å². The predicted molar refractivity (Wildman–Crippen MR) is 78.1 cm³/mol. The molecular weight excluding hydrogens is 242 g/mol. The molecule has 0 saturated carbocycles. The molecule has 0 bridgehead atoms. The fourth-order valence-electron chi connectivity index (χ4n) is 2.12. The average Bonchev–Trinajstić information content (AvgIpc) is 2.90. The number of hydrogen-bond donors (Lipinski definition) is 1. The maximum absolute atomic E-state index is 5.65. The van der Waals surface area contributed by atoms with Crippen molar-refractivity contribution in [1.29, 1.82) is 0 Å². The fourth-order valence-corrected chi connectivity index (χ4v) is 3.17. The van der Waals surface area contributed by atoms with Gasteiger partial charge in [-0.05, 0) is 43.5 Å². The molecule has 1 aliphatic rings. The molecule has 1 heterocycles. The van der Waals surface area contributed by atoms with Gasteiger partial charge in [-0.1, -0.05) is 19.1 Å². The first kappa shape index (κ1) is 13.9. The van der Waals surface area contributed by atoms with E-state index >= 15 is 0 Å². The zero-order valence-corrected chi connectivity index (χ0v) is 12.0. The first-order chi connectivity index (χ1) is 8.88. The maximum Gasteiger partial charge on any atom is 0.0669 e. The van der Waals surface area contributed by atoms with E-state index < -0.39 is 0 Å². The molecule has 1 N–H and O–H groups in total. The highest BCUT2D eigenvalue weighted by atomic mass is 32.2.